The van der Waals surface area contributed by atoms with Gasteiger partial charge in [-0.05, 0) is 0 Å². The molecule has 0 aliphatic carbocycles. The van der Waals surface area contributed by atoms with Gasteiger partial charge >= 0.3 is 68.0 Å². The van der Waals surface area contributed by atoms with Crippen molar-refractivity contribution in [2.24, 2.45) is 5.92 Å². The van der Waals surface area contributed by atoms with Crippen LogP contribution in [0.25, 0.3) is 0 Å². The van der Waals surface area contributed by atoms with Crippen LogP contribution in [0.3, 0.4) is 0 Å². The molecule has 0 aromatic rings. The minimum atomic E-state index is -0.243. The number of hydrogen-bond acceptors (Lipinski definition) is 0. The van der Waals surface area contributed by atoms with Crippen molar-refractivity contribution in [3.05, 3.63) is 0 Å². The van der Waals surface area contributed by atoms with Gasteiger partial charge in [0.1, 0.15) is 0 Å². The summed E-state index contributed by atoms with van der Waals surface area (Å²) in [6, 6.07) is 0. The average Bonchev–Trinajstić information content (AvgIpc) is 1.61. The Morgan fingerprint density at radius 1 is 1.57 bits per heavy atom. The summed E-state index contributed by atoms with van der Waals surface area (Å²) in [7, 11) is 0. The van der Waals surface area contributed by atoms with Gasteiger partial charge in [0.25, 0.3) is 0 Å². The molecule has 0 saturated carbocycles. The zero-order chi connectivity index (χ0) is 5.70. The molecule has 0 bridgehead atoms. The molecule has 7 heavy (non-hydrogen) atoms. The van der Waals surface area contributed by atoms with Crippen LogP contribution < -0.4 is 0 Å². The predicted octanol–water partition coefficient (Wildman–Crippen LogP) is 2.88. The van der Waals surface area contributed by atoms with E-state index in [0.29, 0.717) is 0 Å². The molecule has 0 rings (SSSR count). The van der Waals surface area contributed by atoms with Crippen molar-refractivity contribution >= 4 is 17.7 Å². The van der Waals surface area contributed by atoms with Crippen molar-refractivity contribution < 1.29 is 20.2 Å². The fourth-order valence-electron chi connectivity index (χ4n) is 0.485. The predicted molar refractivity (Wildman–Crippen MR) is 38.3 cm³/mol. The topological polar surface area (TPSA) is 0 Å². The van der Waals surface area contributed by atoms with Crippen LogP contribution in [0.5, 0.6) is 0 Å². The quantitative estimate of drug-likeness (QED) is 0.507. The molecule has 0 nitrogen and oxygen atoms in total. The second-order valence-electron chi connectivity index (χ2n) is 2.23. The monoisotopic (exact) mass is 400 g/mol. The van der Waals surface area contributed by atoms with Gasteiger partial charge in [0, 0.05) is 0 Å². The van der Waals surface area contributed by atoms with Crippen LogP contribution in [0.4, 0.5) is 0 Å². The van der Waals surface area contributed by atoms with E-state index < -0.39 is 0 Å². The molecule has 0 spiro atoms. The first-order chi connectivity index (χ1) is 3.27. The molecular formula is C5H11HgI. The Morgan fingerprint density at radius 2 is 2.14 bits per heavy atom. The van der Waals surface area contributed by atoms with Gasteiger partial charge in [-0.25, -0.2) is 0 Å². The van der Waals surface area contributed by atoms with Crippen LogP contribution >= 0.6 is 17.7 Å². The van der Waals surface area contributed by atoms with Gasteiger partial charge in [-0.1, -0.05) is 0 Å². The zero-order valence-electron chi connectivity index (χ0n) is 5.08. The third kappa shape index (κ3) is 7.67. The molecule has 0 aliphatic heterocycles. The summed E-state index contributed by atoms with van der Waals surface area (Å²) in [4.78, 5) is 0. The summed E-state index contributed by atoms with van der Waals surface area (Å²) in [5, 5.41) is 0. The summed E-state index contributed by atoms with van der Waals surface area (Å²) < 4.78 is 1.61. The Labute approximate surface area is 67.2 Å². The molecule has 0 aromatic carbocycles. The van der Waals surface area contributed by atoms with Crippen LogP contribution in [0.1, 0.15) is 20.3 Å². The van der Waals surface area contributed by atoms with Crippen LogP contribution in [0.15, 0.2) is 0 Å². The Balaban J connectivity index is 2.68. The van der Waals surface area contributed by atoms with E-state index in [4.69, 9.17) is 0 Å². The standard InChI is InChI=1S/C5H11.Hg.HI/c1-4-5(2)3;;/h5H,1,4H2,2-3H3;;1H/q;+1;/p-1. The van der Waals surface area contributed by atoms with E-state index in [1.54, 1.807) is 3.93 Å². The average molecular weight is 399 g/mol. The molecular weight excluding hydrogens is 388 g/mol. The van der Waals surface area contributed by atoms with E-state index in [0.717, 1.165) is 5.92 Å². The number of hydrogen-bond donors (Lipinski definition) is 0. The zero-order valence-corrected chi connectivity index (χ0v) is 12.7. The van der Waals surface area contributed by atoms with Crippen molar-refractivity contribution in [2.45, 2.75) is 24.2 Å². The van der Waals surface area contributed by atoms with Crippen molar-refractivity contribution in [2.75, 3.05) is 0 Å². The maximum atomic E-state index is 2.64. The SMILES string of the molecule is CC(C)C[CH2][Hg][I]. The van der Waals surface area contributed by atoms with Gasteiger partial charge in [0.15, 0.2) is 0 Å². The molecule has 0 aliphatic rings. The molecule has 0 saturated heterocycles. The molecule has 0 heterocycles. The molecule has 40 valence electrons. The van der Waals surface area contributed by atoms with Gasteiger partial charge < -0.3 is 0 Å². The van der Waals surface area contributed by atoms with Gasteiger partial charge in [-0.2, -0.15) is 0 Å². The van der Waals surface area contributed by atoms with E-state index in [1.165, 1.54) is 6.42 Å². The molecule has 0 atom stereocenters. The molecule has 0 amide bonds. The summed E-state index contributed by atoms with van der Waals surface area (Å²) in [5.41, 5.74) is 0. The fourth-order valence-corrected chi connectivity index (χ4v) is 8.12. The molecule has 2 heteroatoms. The normalized spacial score (nSPS) is 9.14. The van der Waals surface area contributed by atoms with E-state index in [1.807, 2.05) is 0 Å². The summed E-state index contributed by atoms with van der Waals surface area (Å²) in [6.45, 7) is 4.61. The molecule has 0 aromatic heterocycles. The van der Waals surface area contributed by atoms with Gasteiger partial charge in [0.2, 0.25) is 0 Å². The summed E-state index contributed by atoms with van der Waals surface area (Å²) >= 11 is 2.40. The second-order valence-corrected chi connectivity index (χ2v) is 15.9. The van der Waals surface area contributed by atoms with Gasteiger partial charge in [-0.3, -0.25) is 0 Å². The summed E-state index contributed by atoms with van der Waals surface area (Å²) in [5.74, 6) is 0.953. The number of rotatable bonds is 3. The third-order valence-electron chi connectivity index (χ3n) is 0.915. The first-order valence-electron chi connectivity index (χ1n) is 2.83. The summed E-state index contributed by atoms with van der Waals surface area (Å²) in [6.07, 6.45) is 1.49. The fraction of sp³-hybridized carbons (Fsp3) is 1.00. The number of halogens is 1. The maximum absolute atomic E-state index is 2.64. The Morgan fingerprint density at radius 3 is 2.29 bits per heavy atom. The van der Waals surface area contributed by atoms with Crippen molar-refractivity contribution in [1.82, 2.24) is 0 Å². The van der Waals surface area contributed by atoms with Gasteiger partial charge in [-0.15, -0.1) is 0 Å². The Kier molecular flexibility index (Phi) is 7.17. The van der Waals surface area contributed by atoms with E-state index in [9.17, 15) is 0 Å². The molecule has 0 radical (unpaired) electrons. The van der Waals surface area contributed by atoms with Crippen molar-refractivity contribution in [3.63, 3.8) is 0 Å². The van der Waals surface area contributed by atoms with Gasteiger partial charge in [0.05, 0.1) is 0 Å². The van der Waals surface area contributed by atoms with Crippen molar-refractivity contribution in [3.8, 4) is 0 Å². The van der Waals surface area contributed by atoms with E-state index in [-0.39, 0.29) is 20.2 Å². The van der Waals surface area contributed by atoms with Crippen LogP contribution in [-0.2, 0) is 20.2 Å². The second kappa shape index (κ2) is 5.80. The third-order valence-corrected chi connectivity index (χ3v) is 10.2. The molecule has 0 unspecified atom stereocenters. The van der Waals surface area contributed by atoms with E-state index in [2.05, 4.69) is 31.5 Å². The van der Waals surface area contributed by atoms with Crippen molar-refractivity contribution in [1.29, 1.82) is 0 Å². The first kappa shape index (κ1) is 8.67. The van der Waals surface area contributed by atoms with E-state index >= 15 is 0 Å². The minimum absolute atomic E-state index is 0.243. The Bertz CT molecular complexity index is 37.1. The Hall–Kier alpha value is 1.67. The van der Waals surface area contributed by atoms with Crippen LogP contribution in [-0.4, -0.2) is 0 Å². The first-order valence-corrected chi connectivity index (χ1v) is 22.2. The molecule has 0 N–H and O–H groups in total. The molecule has 0 fully saturated rings. The van der Waals surface area contributed by atoms with Crippen LogP contribution in [0, 0.1) is 5.92 Å². The van der Waals surface area contributed by atoms with Crippen LogP contribution in [0.2, 0.25) is 3.93 Å².